The average Bonchev–Trinajstić information content (AvgIpc) is 2.28. The molecule has 0 aromatic heterocycles. The summed E-state index contributed by atoms with van der Waals surface area (Å²) in [6, 6.07) is 9.37. The Bertz CT molecular complexity index is 432. The minimum absolute atomic E-state index is 0.123. The SMILES string of the molecule is N#CCN(CC#N)c1ccc(Br)cc1CO. The van der Waals surface area contributed by atoms with Crippen molar-refractivity contribution in [2.24, 2.45) is 0 Å². The number of hydrogen-bond acceptors (Lipinski definition) is 4. The topological polar surface area (TPSA) is 71.0 Å². The summed E-state index contributed by atoms with van der Waals surface area (Å²) in [6.07, 6.45) is 0. The predicted octanol–water partition coefficient (Wildman–Crippen LogP) is 1.79. The lowest BCUT2D eigenvalue weighted by atomic mass is 10.1. The first-order valence-electron chi connectivity index (χ1n) is 4.61. The highest BCUT2D eigenvalue weighted by atomic mass is 79.9. The summed E-state index contributed by atoms with van der Waals surface area (Å²) in [4.78, 5) is 1.62. The van der Waals surface area contributed by atoms with E-state index in [1.807, 2.05) is 18.2 Å². The maximum atomic E-state index is 9.21. The molecule has 0 radical (unpaired) electrons. The Morgan fingerprint density at radius 1 is 1.25 bits per heavy atom. The minimum atomic E-state index is -0.123. The van der Waals surface area contributed by atoms with Gasteiger partial charge in [0, 0.05) is 15.7 Å². The summed E-state index contributed by atoms with van der Waals surface area (Å²) in [7, 11) is 0. The van der Waals surface area contributed by atoms with Crippen molar-refractivity contribution < 1.29 is 5.11 Å². The lowest BCUT2D eigenvalue weighted by molar-refractivity contribution is 0.282. The summed E-state index contributed by atoms with van der Waals surface area (Å²) < 4.78 is 0.856. The van der Waals surface area contributed by atoms with E-state index in [0.717, 1.165) is 4.47 Å². The third kappa shape index (κ3) is 2.96. The quantitative estimate of drug-likeness (QED) is 0.853. The highest BCUT2D eigenvalue weighted by Crippen LogP contribution is 2.24. The molecule has 4 nitrogen and oxygen atoms in total. The summed E-state index contributed by atoms with van der Waals surface area (Å²) in [5, 5.41) is 26.6. The second-order valence-electron chi connectivity index (χ2n) is 3.10. The standard InChI is InChI=1S/C11H10BrN3O/c12-10-1-2-11(9(7-10)8-16)15(5-3-13)6-4-14/h1-2,7,16H,5-6,8H2. The molecule has 0 saturated carbocycles. The number of anilines is 1. The van der Waals surface area contributed by atoms with Gasteiger partial charge in [-0.1, -0.05) is 15.9 Å². The molecule has 0 saturated heterocycles. The maximum absolute atomic E-state index is 9.21. The first-order valence-corrected chi connectivity index (χ1v) is 5.40. The van der Waals surface area contributed by atoms with Crippen molar-refractivity contribution in [3.63, 3.8) is 0 Å². The molecule has 0 fully saturated rings. The van der Waals surface area contributed by atoms with Gasteiger partial charge < -0.3 is 10.0 Å². The van der Waals surface area contributed by atoms with Crippen LogP contribution in [0.5, 0.6) is 0 Å². The van der Waals surface area contributed by atoms with E-state index < -0.39 is 0 Å². The van der Waals surface area contributed by atoms with Crippen LogP contribution in [0.2, 0.25) is 0 Å². The molecule has 0 aliphatic carbocycles. The van der Waals surface area contributed by atoms with Crippen molar-refractivity contribution in [1.29, 1.82) is 10.5 Å². The third-order valence-electron chi connectivity index (χ3n) is 2.08. The molecular weight excluding hydrogens is 270 g/mol. The normalized spacial score (nSPS) is 9.25. The minimum Gasteiger partial charge on any atom is -0.392 e. The lowest BCUT2D eigenvalue weighted by Gasteiger charge is -2.21. The van der Waals surface area contributed by atoms with Gasteiger partial charge in [-0.2, -0.15) is 10.5 Å². The fourth-order valence-corrected chi connectivity index (χ4v) is 1.79. The van der Waals surface area contributed by atoms with E-state index in [-0.39, 0.29) is 19.7 Å². The summed E-state index contributed by atoms with van der Waals surface area (Å²) in [5.74, 6) is 0. The summed E-state index contributed by atoms with van der Waals surface area (Å²) in [6.45, 7) is 0.131. The number of rotatable bonds is 4. The summed E-state index contributed by atoms with van der Waals surface area (Å²) >= 11 is 3.30. The second-order valence-corrected chi connectivity index (χ2v) is 4.02. The Morgan fingerprint density at radius 2 is 1.88 bits per heavy atom. The van der Waals surface area contributed by atoms with E-state index >= 15 is 0 Å². The Morgan fingerprint density at radius 3 is 2.38 bits per heavy atom. The molecule has 0 spiro atoms. The molecular formula is C11H10BrN3O. The Balaban J connectivity index is 3.09. The van der Waals surface area contributed by atoms with Gasteiger partial charge in [0.1, 0.15) is 13.1 Å². The fraction of sp³-hybridized carbons (Fsp3) is 0.273. The highest BCUT2D eigenvalue weighted by Gasteiger charge is 2.10. The molecule has 0 aliphatic rings. The number of aliphatic hydroxyl groups is 1. The van der Waals surface area contributed by atoms with Crippen molar-refractivity contribution in [2.45, 2.75) is 6.61 Å². The largest absolute Gasteiger partial charge is 0.392 e. The monoisotopic (exact) mass is 279 g/mol. The first-order chi connectivity index (χ1) is 7.72. The molecule has 0 unspecified atom stereocenters. The highest BCUT2D eigenvalue weighted by molar-refractivity contribution is 9.10. The number of halogens is 1. The van der Waals surface area contributed by atoms with Crippen LogP contribution in [0.1, 0.15) is 5.56 Å². The van der Waals surface area contributed by atoms with Gasteiger partial charge in [-0.3, -0.25) is 0 Å². The number of benzene rings is 1. The zero-order valence-electron chi connectivity index (χ0n) is 8.52. The van der Waals surface area contributed by atoms with E-state index in [4.69, 9.17) is 10.5 Å². The molecule has 0 heterocycles. The van der Waals surface area contributed by atoms with E-state index in [9.17, 15) is 5.11 Å². The zero-order chi connectivity index (χ0) is 12.0. The van der Waals surface area contributed by atoms with E-state index in [2.05, 4.69) is 15.9 Å². The van der Waals surface area contributed by atoms with Gasteiger partial charge in [0.15, 0.2) is 0 Å². The van der Waals surface area contributed by atoms with Crippen molar-refractivity contribution in [1.82, 2.24) is 0 Å². The molecule has 0 atom stereocenters. The van der Waals surface area contributed by atoms with Gasteiger partial charge in [-0.15, -0.1) is 0 Å². The molecule has 5 heteroatoms. The van der Waals surface area contributed by atoms with Crippen LogP contribution in [0.4, 0.5) is 5.69 Å². The lowest BCUT2D eigenvalue weighted by Crippen LogP contribution is -2.25. The third-order valence-corrected chi connectivity index (χ3v) is 2.57. The smallest absolute Gasteiger partial charge is 0.106 e. The molecule has 1 aromatic rings. The molecule has 0 amide bonds. The maximum Gasteiger partial charge on any atom is 0.106 e. The Kier molecular flexibility index (Phi) is 4.78. The van der Waals surface area contributed by atoms with Gasteiger partial charge in [0.25, 0.3) is 0 Å². The summed E-state index contributed by atoms with van der Waals surface area (Å²) in [5.41, 5.74) is 1.41. The zero-order valence-corrected chi connectivity index (χ0v) is 10.1. The number of nitriles is 2. The van der Waals surface area contributed by atoms with E-state index in [1.165, 1.54) is 0 Å². The van der Waals surface area contributed by atoms with E-state index in [0.29, 0.717) is 11.3 Å². The number of aliphatic hydroxyl groups excluding tert-OH is 1. The Hall–Kier alpha value is -1.56. The van der Waals surface area contributed by atoms with Crippen LogP contribution in [0, 0.1) is 22.7 Å². The molecule has 1 aromatic carbocycles. The molecule has 0 aliphatic heterocycles. The van der Waals surface area contributed by atoms with Gasteiger partial charge in [0.2, 0.25) is 0 Å². The average molecular weight is 280 g/mol. The molecule has 1 rings (SSSR count). The van der Waals surface area contributed by atoms with Gasteiger partial charge in [-0.25, -0.2) is 0 Å². The van der Waals surface area contributed by atoms with Crippen LogP contribution >= 0.6 is 15.9 Å². The molecule has 16 heavy (non-hydrogen) atoms. The van der Waals surface area contributed by atoms with Gasteiger partial charge >= 0.3 is 0 Å². The van der Waals surface area contributed by atoms with Crippen LogP contribution < -0.4 is 4.90 Å². The number of nitrogens with zero attached hydrogens (tertiary/aromatic N) is 3. The molecule has 1 N–H and O–H groups in total. The van der Waals surface area contributed by atoms with Crippen LogP contribution in [-0.2, 0) is 6.61 Å². The van der Waals surface area contributed by atoms with Gasteiger partial charge in [-0.05, 0) is 18.2 Å². The van der Waals surface area contributed by atoms with Crippen LogP contribution in [-0.4, -0.2) is 18.2 Å². The van der Waals surface area contributed by atoms with Crippen molar-refractivity contribution in [3.05, 3.63) is 28.2 Å². The van der Waals surface area contributed by atoms with E-state index in [1.54, 1.807) is 17.0 Å². The first kappa shape index (κ1) is 12.5. The Labute approximate surface area is 102 Å². The molecule has 0 bridgehead atoms. The van der Waals surface area contributed by atoms with Crippen molar-refractivity contribution in [3.8, 4) is 12.1 Å². The van der Waals surface area contributed by atoms with Crippen molar-refractivity contribution >= 4 is 21.6 Å². The fourth-order valence-electron chi connectivity index (χ4n) is 1.39. The van der Waals surface area contributed by atoms with Gasteiger partial charge in [0.05, 0.1) is 18.7 Å². The van der Waals surface area contributed by atoms with Crippen LogP contribution in [0.25, 0.3) is 0 Å². The molecule has 82 valence electrons. The van der Waals surface area contributed by atoms with Crippen LogP contribution in [0.15, 0.2) is 22.7 Å². The number of hydrogen-bond donors (Lipinski definition) is 1. The van der Waals surface area contributed by atoms with Crippen molar-refractivity contribution in [2.75, 3.05) is 18.0 Å². The second kappa shape index (κ2) is 6.12. The predicted molar refractivity (Wildman–Crippen MR) is 63.5 cm³/mol. The van der Waals surface area contributed by atoms with Crippen LogP contribution in [0.3, 0.4) is 0 Å².